The molecule has 0 atom stereocenters. The highest BCUT2D eigenvalue weighted by Crippen LogP contribution is 2.43. The number of aryl methyl sites for hydroxylation is 2. The summed E-state index contributed by atoms with van der Waals surface area (Å²) in [5.41, 5.74) is 1.02. The van der Waals surface area contributed by atoms with E-state index in [0.29, 0.717) is 0 Å². The fraction of sp³-hybridized carbons (Fsp3) is 0.118. The van der Waals surface area contributed by atoms with Crippen molar-refractivity contribution >= 4 is 33.8 Å². The molecule has 0 spiro atoms. The number of nitrogens with zero attached hydrogens (tertiary/aromatic N) is 2. The Morgan fingerprint density at radius 1 is 0.905 bits per heavy atom. The fourth-order valence-corrected chi connectivity index (χ4v) is 6.74. The van der Waals surface area contributed by atoms with Crippen molar-refractivity contribution in [3.8, 4) is 0 Å². The Morgan fingerprint density at radius 2 is 1.38 bits per heavy atom. The van der Waals surface area contributed by atoms with Crippen LogP contribution in [0.5, 0.6) is 0 Å². The van der Waals surface area contributed by atoms with Crippen LogP contribution in [0.15, 0.2) is 66.9 Å². The minimum atomic E-state index is -2.04. The highest BCUT2D eigenvalue weighted by molar-refractivity contribution is 8.25. The quantitative estimate of drug-likeness (QED) is 0.692. The molecule has 0 aliphatic heterocycles. The molecule has 0 saturated heterocycles. The lowest BCUT2D eigenvalue weighted by molar-refractivity contribution is 0.756. The highest BCUT2D eigenvalue weighted by Gasteiger charge is 2.27. The third-order valence-electron chi connectivity index (χ3n) is 3.57. The van der Waals surface area contributed by atoms with Gasteiger partial charge < -0.3 is 0 Å². The van der Waals surface area contributed by atoms with Crippen LogP contribution in [0.1, 0.15) is 5.69 Å². The van der Waals surface area contributed by atoms with E-state index in [-0.39, 0.29) is 0 Å². The molecule has 0 unspecified atom stereocenters. The summed E-state index contributed by atoms with van der Waals surface area (Å²) in [5.74, 6) is 0. The van der Waals surface area contributed by atoms with E-state index in [9.17, 15) is 0 Å². The molecule has 0 bridgehead atoms. The smallest absolute Gasteiger partial charge is 0.0684 e. The highest BCUT2D eigenvalue weighted by atomic mass is 32.4. The summed E-state index contributed by atoms with van der Waals surface area (Å²) in [6.45, 7) is 2.04. The van der Waals surface area contributed by atoms with E-state index in [1.165, 1.54) is 15.9 Å². The molecule has 1 aromatic heterocycles. The first-order valence-corrected chi connectivity index (χ1v) is 9.64. The molecule has 1 heterocycles. The number of aromatic nitrogens is 2. The zero-order valence-electron chi connectivity index (χ0n) is 12.1. The van der Waals surface area contributed by atoms with Gasteiger partial charge in [0.1, 0.15) is 0 Å². The van der Waals surface area contributed by atoms with Crippen LogP contribution < -0.4 is 15.9 Å². The van der Waals surface area contributed by atoms with Gasteiger partial charge in [0.15, 0.2) is 0 Å². The van der Waals surface area contributed by atoms with E-state index in [1.54, 1.807) is 0 Å². The predicted octanol–water partition coefficient (Wildman–Crippen LogP) is 2.48. The van der Waals surface area contributed by atoms with Gasteiger partial charge in [-0.2, -0.15) is 5.10 Å². The van der Waals surface area contributed by atoms with Crippen LogP contribution in [-0.2, 0) is 18.9 Å². The van der Waals surface area contributed by atoms with E-state index in [2.05, 4.69) is 59.8 Å². The van der Waals surface area contributed by atoms with E-state index in [4.69, 9.17) is 11.8 Å². The monoisotopic (exact) mass is 312 g/mol. The Kier molecular flexibility index (Phi) is 3.79. The van der Waals surface area contributed by atoms with E-state index < -0.39 is 6.04 Å². The first kappa shape index (κ1) is 14.2. The summed E-state index contributed by atoms with van der Waals surface area (Å²) in [6, 6.07) is 18.8. The van der Waals surface area contributed by atoms with Crippen LogP contribution in [0.25, 0.3) is 0 Å². The van der Waals surface area contributed by atoms with Gasteiger partial charge in [0.25, 0.3) is 0 Å². The normalized spacial score (nSPS) is 11.5. The molecule has 0 fully saturated rings. The van der Waals surface area contributed by atoms with Crippen molar-refractivity contribution in [2.45, 2.75) is 6.92 Å². The summed E-state index contributed by atoms with van der Waals surface area (Å²) < 4.78 is 1.86. The molecule has 0 aliphatic rings. The Labute approximate surface area is 130 Å². The molecule has 3 aromatic rings. The average Bonchev–Trinajstić information content (AvgIpc) is 2.87. The molecule has 0 amide bonds. The molecule has 106 valence electrons. The first-order chi connectivity index (χ1) is 10.1. The lowest BCUT2D eigenvalue weighted by atomic mass is 10.4. The third kappa shape index (κ3) is 2.48. The topological polar surface area (TPSA) is 17.8 Å². The average molecular weight is 312 g/mol. The van der Waals surface area contributed by atoms with Crippen molar-refractivity contribution in [2.24, 2.45) is 7.05 Å². The van der Waals surface area contributed by atoms with Gasteiger partial charge >= 0.3 is 0 Å². The van der Waals surface area contributed by atoms with E-state index >= 15 is 0 Å². The van der Waals surface area contributed by atoms with Crippen LogP contribution in [0, 0.1) is 6.92 Å². The van der Waals surface area contributed by atoms with Crippen LogP contribution in [0.4, 0.5) is 0 Å². The summed E-state index contributed by atoms with van der Waals surface area (Å²) in [7, 11) is 1.95. The third-order valence-corrected chi connectivity index (χ3v) is 8.59. The van der Waals surface area contributed by atoms with Gasteiger partial charge in [-0.1, -0.05) is 72.5 Å². The molecule has 21 heavy (non-hydrogen) atoms. The Morgan fingerprint density at radius 3 is 1.76 bits per heavy atom. The minimum Gasteiger partial charge on any atom is -0.275 e. The Balaban J connectivity index is 2.31. The lowest BCUT2D eigenvalue weighted by Crippen LogP contribution is -2.25. The molecule has 0 radical (unpaired) electrons. The van der Waals surface area contributed by atoms with Crippen LogP contribution >= 0.6 is 6.04 Å². The van der Waals surface area contributed by atoms with Gasteiger partial charge in [-0.25, -0.2) is 0 Å². The summed E-state index contributed by atoms with van der Waals surface area (Å²) in [6.07, 6.45) is 2.08. The van der Waals surface area contributed by atoms with Crippen LogP contribution in [-0.4, -0.2) is 9.78 Å². The van der Waals surface area contributed by atoms with E-state index in [0.717, 1.165) is 5.69 Å². The zero-order chi connectivity index (χ0) is 14.9. The molecule has 0 saturated carbocycles. The molecule has 2 aromatic carbocycles. The molecule has 0 N–H and O–H groups in total. The maximum Gasteiger partial charge on any atom is 0.0684 e. The minimum absolute atomic E-state index is 1.02. The molecule has 0 aliphatic carbocycles. The number of benzene rings is 2. The van der Waals surface area contributed by atoms with Gasteiger partial charge in [0, 0.05) is 24.6 Å². The first-order valence-electron chi connectivity index (χ1n) is 6.84. The Bertz CT molecular complexity index is 751. The fourth-order valence-electron chi connectivity index (χ4n) is 2.60. The summed E-state index contributed by atoms with van der Waals surface area (Å²) in [4.78, 5) is 0. The molecule has 3 rings (SSSR count). The lowest BCUT2D eigenvalue weighted by Gasteiger charge is -2.23. The van der Waals surface area contributed by atoms with Gasteiger partial charge in [-0.15, -0.1) is 0 Å². The summed E-state index contributed by atoms with van der Waals surface area (Å²) in [5, 5.41) is 8.11. The molecule has 4 heteroatoms. The van der Waals surface area contributed by atoms with Gasteiger partial charge in [-0.05, 0) is 17.5 Å². The number of rotatable bonds is 3. The molecule has 2 nitrogen and oxygen atoms in total. The van der Waals surface area contributed by atoms with E-state index in [1.807, 2.05) is 30.8 Å². The van der Waals surface area contributed by atoms with Crippen molar-refractivity contribution in [3.63, 3.8) is 0 Å². The molecular formula is C17H17N2PS. The second kappa shape index (κ2) is 5.59. The van der Waals surface area contributed by atoms with Crippen molar-refractivity contribution in [3.05, 3.63) is 72.6 Å². The predicted molar refractivity (Wildman–Crippen MR) is 94.0 cm³/mol. The largest absolute Gasteiger partial charge is 0.275 e. The van der Waals surface area contributed by atoms with Gasteiger partial charge in [-0.3, -0.25) is 4.68 Å². The number of hydrogen-bond acceptors (Lipinski definition) is 2. The van der Waals surface area contributed by atoms with Crippen LogP contribution in [0.3, 0.4) is 0 Å². The summed E-state index contributed by atoms with van der Waals surface area (Å²) >= 11 is 6.26. The second-order valence-corrected chi connectivity index (χ2v) is 9.43. The van der Waals surface area contributed by atoms with Gasteiger partial charge in [0.05, 0.1) is 5.69 Å². The standard InChI is InChI=1S/C17H17N2PS/c1-14-17(13-19(2)18-14)20(21,15-9-5-3-6-10-15)16-11-7-4-8-12-16/h3-13H,1-2H3. The Hall–Kier alpha value is -1.70. The van der Waals surface area contributed by atoms with Gasteiger partial charge in [0.2, 0.25) is 0 Å². The number of hydrogen-bond donors (Lipinski definition) is 0. The van der Waals surface area contributed by atoms with Crippen molar-refractivity contribution in [1.82, 2.24) is 9.78 Å². The van der Waals surface area contributed by atoms with Crippen molar-refractivity contribution in [2.75, 3.05) is 0 Å². The molecular weight excluding hydrogens is 295 g/mol. The second-order valence-electron chi connectivity index (χ2n) is 5.05. The van der Waals surface area contributed by atoms with Crippen LogP contribution in [0.2, 0.25) is 0 Å². The maximum absolute atomic E-state index is 6.26. The van der Waals surface area contributed by atoms with Crippen molar-refractivity contribution < 1.29 is 0 Å². The maximum atomic E-state index is 6.26. The zero-order valence-corrected chi connectivity index (χ0v) is 13.8. The SMILES string of the molecule is Cc1nn(C)cc1P(=S)(c1ccccc1)c1ccccc1. The van der Waals surface area contributed by atoms with Crippen molar-refractivity contribution in [1.29, 1.82) is 0 Å².